The van der Waals surface area contributed by atoms with Crippen molar-refractivity contribution in [1.29, 1.82) is 0 Å². The number of hydrogen-bond donors (Lipinski definition) is 2. The fourth-order valence-corrected chi connectivity index (χ4v) is 2.14. The predicted octanol–water partition coefficient (Wildman–Crippen LogP) is 2.22. The van der Waals surface area contributed by atoms with Crippen LogP contribution in [0.15, 0.2) is 18.3 Å². The summed E-state index contributed by atoms with van der Waals surface area (Å²) in [7, 11) is 4.72. The van der Waals surface area contributed by atoms with Crippen LogP contribution in [-0.2, 0) is 0 Å². The molecule has 0 radical (unpaired) electrons. The van der Waals surface area contributed by atoms with Crippen LogP contribution in [0.1, 0.15) is 12.8 Å². The molecule has 122 valence electrons. The van der Waals surface area contributed by atoms with Gasteiger partial charge in [0.05, 0.1) is 27.5 Å². The molecule has 0 amide bonds. The summed E-state index contributed by atoms with van der Waals surface area (Å²) in [6.45, 7) is 0. The van der Waals surface area contributed by atoms with Crippen molar-refractivity contribution in [3.8, 4) is 17.2 Å². The van der Waals surface area contributed by atoms with E-state index in [4.69, 9.17) is 14.2 Å². The molecule has 0 spiro atoms. The number of hydrogen-bond acceptors (Lipinski definition) is 8. The number of ether oxygens (including phenoxy) is 3. The summed E-state index contributed by atoms with van der Waals surface area (Å²) in [6.07, 6.45) is 3.85. The zero-order valence-corrected chi connectivity index (χ0v) is 13.3. The van der Waals surface area contributed by atoms with Crippen LogP contribution in [-0.4, -0.2) is 42.6 Å². The topological polar surface area (TPSA) is 90.4 Å². The molecule has 0 saturated heterocycles. The number of nitrogens with one attached hydrogen (secondary N) is 2. The average Bonchev–Trinajstić information content (AvgIpc) is 3.38. The van der Waals surface area contributed by atoms with Gasteiger partial charge in [0, 0.05) is 23.9 Å². The maximum atomic E-state index is 5.34. The maximum Gasteiger partial charge on any atom is 0.244 e. The SMILES string of the molecule is COc1cc(Nc2cnnc(NC3CC3)n2)cc(OC)c1OC. The zero-order chi connectivity index (χ0) is 16.2. The standard InChI is InChI=1S/C15H19N5O3/c1-21-11-6-10(7-12(22-2)14(11)23-3)17-13-8-16-20-15(19-13)18-9-4-5-9/h6-9H,4-5H2,1-3H3,(H2,17,18,19,20). The van der Waals surface area contributed by atoms with E-state index in [1.54, 1.807) is 39.7 Å². The lowest BCUT2D eigenvalue weighted by molar-refractivity contribution is 0.324. The van der Waals surface area contributed by atoms with E-state index in [9.17, 15) is 0 Å². The van der Waals surface area contributed by atoms with E-state index >= 15 is 0 Å². The maximum absolute atomic E-state index is 5.34. The molecule has 8 nitrogen and oxygen atoms in total. The molecule has 1 aromatic heterocycles. The molecule has 2 aromatic rings. The van der Waals surface area contributed by atoms with Crippen molar-refractivity contribution in [2.24, 2.45) is 0 Å². The third-order valence-electron chi connectivity index (χ3n) is 3.41. The number of aromatic nitrogens is 3. The van der Waals surface area contributed by atoms with Crippen LogP contribution in [0.3, 0.4) is 0 Å². The summed E-state index contributed by atoms with van der Waals surface area (Å²) in [5, 5.41) is 14.3. The van der Waals surface area contributed by atoms with E-state index < -0.39 is 0 Å². The Hall–Kier alpha value is -2.77. The highest BCUT2D eigenvalue weighted by Crippen LogP contribution is 2.40. The van der Waals surface area contributed by atoms with Crippen LogP contribution >= 0.6 is 0 Å². The Morgan fingerprint density at radius 3 is 2.30 bits per heavy atom. The molecule has 0 bridgehead atoms. The Morgan fingerprint density at radius 2 is 1.74 bits per heavy atom. The van der Waals surface area contributed by atoms with Crippen LogP contribution in [0.25, 0.3) is 0 Å². The van der Waals surface area contributed by atoms with E-state index in [1.165, 1.54) is 0 Å². The van der Waals surface area contributed by atoms with Crippen LogP contribution < -0.4 is 24.8 Å². The first-order valence-corrected chi connectivity index (χ1v) is 7.26. The molecule has 23 heavy (non-hydrogen) atoms. The van der Waals surface area contributed by atoms with Crippen LogP contribution in [0, 0.1) is 0 Å². The first-order chi connectivity index (χ1) is 11.2. The van der Waals surface area contributed by atoms with Gasteiger partial charge in [-0.1, -0.05) is 0 Å². The van der Waals surface area contributed by atoms with Gasteiger partial charge in [-0.3, -0.25) is 0 Å². The van der Waals surface area contributed by atoms with Gasteiger partial charge >= 0.3 is 0 Å². The van der Waals surface area contributed by atoms with Crippen LogP contribution in [0.2, 0.25) is 0 Å². The highest BCUT2D eigenvalue weighted by atomic mass is 16.5. The Morgan fingerprint density at radius 1 is 1.04 bits per heavy atom. The fourth-order valence-electron chi connectivity index (χ4n) is 2.14. The minimum atomic E-state index is 0.466. The van der Waals surface area contributed by atoms with E-state index in [0.29, 0.717) is 35.1 Å². The van der Waals surface area contributed by atoms with Gasteiger partial charge in [0.2, 0.25) is 11.7 Å². The van der Waals surface area contributed by atoms with E-state index in [1.807, 2.05) is 0 Å². The highest BCUT2D eigenvalue weighted by molar-refractivity contribution is 5.66. The molecule has 1 aliphatic carbocycles. The summed E-state index contributed by atoms with van der Waals surface area (Å²) in [4.78, 5) is 4.39. The van der Waals surface area contributed by atoms with Crippen molar-refractivity contribution < 1.29 is 14.2 Å². The monoisotopic (exact) mass is 317 g/mol. The third kappa shape index (κ3) is 3.53. The Kier molecular flexibility index (Phi) is 4.31. The van der Waals surface area contributed by atoms with Gasteiger partial charge in [-0.15, -0.1) is 5.10 Å². The zero-order valence-electron chi connectivity index (χ0n) is 13.3. The number of benzene rings is 1. The van der Waals surface area contributed by atoms with Gasteiger partial charge in [-0.05, 0) is 12.8 Å². The quantitative estimate of drug-likeness (QED) is 0.803. The summed E-state index contributed by atoms with van der Waals surface area (Å²) in [6, 6.07) is 4.07. The summed E-state index contributed by atoms with van der Waals surface area (Å²) >= 11 is 0. The number of rotatable bonds is 7. The van der Waals surface area contributed by atoms with Gasteiger partial charge < -0.3 is 24.8 Å². The largest absolute Gasteiger partial charge is 0.493 e. The third-order valence-corrected chi connectivity index (χ3v) is 3.41. The molecular weight excluding hydrogens is 298 g/mol. The van der Waals surface area contributed by atoms with Crippen molar-refractivity contribution in [3.63, 3.8) is 0 Å². The summed E-state index contributed by atoms with van der Waals surface area (Å²) < 4.78 is 16.0. The number of anilines is 3. The molecule has 1 heterocycles. The second-order valence-corrected chi connectivity index (χ2v) is 5.12. The van der Waals surface area contributed by atoms with Crippen molar-refractivity contribution >= 4 is 17.5 Å². The highest BCUT2D eigenvalue weighted by Gasteiger charge is 2.22. The molecule has 1 aromatic carbocycles. The molecule has 1 aliphatic rings. The molecule has 0 atom stereocenters. The molecule has 2 N–H and O–H groups in total. The first-order valence-electron chi connectivity index (χ1n) is 7.26. The smallest absolute Gasteiger partial charge is 0.244 e. The van der Waals surface area contributed by atoms with E-state index in [2.05, 4.69) is 25.8 Å². The lowest BCUT2D eigenvalue weighted by Crippen LogP contribution is -2.07. The van der Waals surface area contributed by atoms with Gasteiger partial charge in [0.1, 0.15) is 0 Å². The van der Waals surface area contributed by atoms with Crippen molar-refractivity contribution in [2.45, 2.75) is 18.9 Å². The minimum absolute atomic E-state index is 0.466. The fraction of sp³-hybridized carbons (Fsp3) is 0.400. The Labute approximate surface area is 134 Å². The van der Waals surface area contributed by atoms with E-state index in [0.717, 1.165) is 18.5 Å². The average molecular weight is 317 g/mol. The molecule has 1 fully saturated rings. The van der Waals surface area contributed by atoms with Gasteiger partial charge in [-0.25, -0.2) is 0 Å². The number of methoxy groups -OCH3 is 3. The second kappa shape index (κ2) is 6.55. The normalized spacial score (nSPS) is 13.3. The lowest BCUT2D eigenvalue weighted by Gasteiger charge is -2.14. The molecule has 0 aliphatic heterocycles. The number of nitrogens with zero attached hydrogens (tertiary/aromatic N) is 3. The van der Waals surface area contributed by atoms with Crippen molar-refractivity contribution in [2.75, 3.05) is 32.0 Å². The van der Waals surface area contributed by atoms with Crippen molar-refractivity contribution in [1.82, 2.24) is 15.2 Å². The summed E-state index contributed by atoms with van der Waals surface area (Å²) in [5.74, 6) is 2.76. The van der Waals surface area contributed by atoms with E-state index in [-0.39, 0.29) is 0 Å². The molecule has 8 heteroatoms. The van der Waals surface area contributed by atoms with Gasteiger partial charge in [0.25, 0.3) is 0 Å². The van der Waals surface area contributed by atoms with Crippen LogP contribution in [0.4, 0.5) is 17.5 Å². The minimum Gasteiger partial charge on any atom is -0.493 e. The van der Waals surface area contributed by atoms with Gasteiger partial charge in [-0.2, -0.15) is 10.1 Å². The predicted molar refractivity (Wildman–Crippen MR) is 85.9 cm³/mol. The second-order valence-electron chi connectivity index (χ2n) is 5.12. The van der Waals surface area contributed by atoms with Crippen LogP contribution in [0.5, 0.6) is 17.2 Å². The summed E-state index contributed by atoms with van der Waals surface area (Å²) in [5.41, 5.74) is 0.748. The Balaban J connectivity index is 1.84. The molecule has 0 unspecified atom stereocenters. The molecule has 1 saturated carbocycles. The van der Waals surface area contributed by atoms with Crippen molar-refractivity contribution in [3.05, 3.63) is 18.3 Å². The first kappa shape index (κ1) is 15.1. The molecule has 3 rings (SSSR count). The Bertz CT molecular complexity index is 666. The van der Waals surface area contributed by atoms with Gasteiger partial charge in [0.15, 0.2) is 17.3 Å². The molecular formula is C15H19N5O3. The lowest BCUT2D eigenvalue weighted by atomic mass is 10.2.